The highest BCUT2D eigenvalue weighted by molar-refractivity contribution is 5.76. The molecule has 1 aromatic heterocycles. The Labute approximate surface area is 147 Å². The maximum Gasteiger partial charge on any atom is 0.224 e. The molecule has 1 atom stereocenters. The van der Waals surface area contributed by atoms with E-state index in [0.29, 0.717) is 18.9 Å². The second kappa shape index (κ2) is 8.00. The number of hydrogen-bond acceptors (Lipinski definition) is 5. The van der Waals surface area contributed by atoms with Crippen LogP contribution in [0.5, 0.6) is 11.5 Å². The highest BCUT2D eigenvalue weighted by Gasteiger charge is 2.26. The number of carbonyl (C=O) groups is 1. The first-order chi connectivity index (χ1) is 12.2. The van der Waals surface area contributed by atoms with E-state index in [0.717, 1.165) is 37.4 Å². The third kappa shape index (κ3) is 4.29. The fourth-order valence-electron chi connectivity index (χ4n) is 3.29. The predicted molar refractivity (Wildman–Crippen MR) is 92.6 cm³/mol. The van der Waals surface area contributed by atoms with Crippen LogP contribution in [0, 0.1) is 5.92 Å². The zero-order valence-corrected chi connectivity index (χ0v) is 14.7. The second-order valence-electron chi connectivity index (χ2n) is 6.34. The van der Waals surface area contributed by atoms with Crippen LogP contribution in [-0.2, 0) is 17.8 Å². The van der Waals surface area contributed by atoms with E-state index in [9.17, 15) is 4.79 Å². The van der Waals surface area contributed by atoms with E-state index < -0.39 is 0 Å². The van der Waals surface area contributed by atoms with Gasteiger partial charge in [0.2, 0.25) is 5.91 Å². The number of nitrogens with zero attached hydrogens (tertiary/aromatic N) is 4. The van der Waals surface area contributed by atoms with E-state index in [-0.39, 0.29) is 5.91 Å². The van der Waals surface area contributed by atoms with E-state index in [1.807, 2.05) is 21.6 Å². The molecule has 1 aliphatic rings. The topological polar surface area (TPSA) is 69.5 Å². The largest absolute Gasteiger partial charge is 0.493 e. The number of aromatic nitrogens is 3. The monoisotopic (exact) mass is 344 g/mol. The van der Waals surface area contributed by atoms with Crippen molar-refractivity contribution in [2.45, 2.75) is 25.8 Å². The number of hydrogen-bond donors (Lipinski definition) is 0. The Hall–Kier alpha value is -2.57. The molecule has 1 unspecified atom stereocenters. The lowest BCUT2D eigenvalue weighted by molar-refractivity contribution is -0.130. The minimum Gasteiger partial charge on any atom is -0.493 e. The van der Waals surface area contributed by atoms with Crippen molar-refractivity contribution < 1.29 is 14.3 Å². The predicted octanol–water partition coefficient (Wildman–Crippen LogP) is 1.78. The fourth-order valence-corrected chi connectivity index (χ4v) is 3.29. The van der Waals surface area contributed by atoms with Crippen LogP contribution in [0.4, 0.5) is 0 Å². The molecule has 0 aliphatic carbocycles. The number of methoxy groups -OCH3 is 2. The molecule has 2 aromatic rings. The minimum atomic E-state index is 0.198. The van der Waals surface area contributed by atoms with Crippen molar-refractivity contribution in [1.82, 2.24) is 19.7 Å². The Morgan fingerprint density at radius 2 is 1.96 bits per heavy atom. The highest BCUT2D eigenvalue weighted by atomic mass is 16.5. The summed E-state index contributed by atoms with van der Waals surface area (Å²) in [5.74, 6) is 2.17. The van der Waals surface area contributed by atoms with Gasteiger partial charge in [-0.2, -0.15) is 0 Å². The molecule has 7 nitrogen and oxygen atoms in total. The summed E-state index contributed by atoms with van der Waals surface area (Å²) in [5, 5.41) is 7.50. The molecular formula is C18H24N4O3. The first-order valence-electron chi connectivity index (χ1n) is 8.50. The molecule has 0 bridgehead atoms. The summed E-state index contributed by atoms with van der Waals surface area (Å²) in [6.45, 7) is 2.27. The lowest BCUT2D eigenvalue weighted by atomic mass is 9.98. The fraction of sp³-hybridized carbons (Fsp3) is 0.500. The zero-order valence-electron chi connectivity index (χ0n) is 14.7. The van der Waals surface area contributed by atoms with Crippen molar-refractivity contribution >= 4 is 5.91 Å². The van der Waals surface area contributed by atoms with Crippen molar-refractivity contribution in [1.29, 1.82) is 0 Å². The van der Waals surface area contributed by atoms with E-state index in [2.05, 4.69) is 16.3 Å². The molecule has 0 N–H and O–H groups in total. The quantitative estimate of drug-likeness (QED) is 0.766. The van der Waals surface area contributed by atoms with Gasteiger partial charge in [0, 0.05) is 26.1 Å². The molecule has 7 heteroatoms. The Morgan fingerprint density at radius 3 is 2.68 bits per heavy atom. The van der Waals surface area contributed by atoms with Gasteiger partial charge in [-0.25, -0.2) is 0 Å². The smallest absolute Gasteiger partial charge is 0.224 e. The Balaban J connectivity index is 1.51. The number of likely N-dealkylation sites (tertiary alicyclic amines) is 1. The summed E-state index contributed by atoms with van der Waals surface area (Å²) in [4.78, 5) is 14.3. The average molecular weight is 344 g/mol. The summed E-state index contributed by atoms with van der Waals surface area (Å²) in [5.41, 5.74) is 1.21. The van der Waals surface area contributed by atoms with Crippen LogP contribution in [-0.4, -0.2) is 52.9 Å². The van der Waals surface area contributed by atoms with Crippen molar-refractivity contribution in [2.75, 3.05) is 27.3 Å². The summed E-state index contributed by atoms with van der Waals surface area (Å²) in [6, 6.07) is 6.03. The minimum absolute atomic E-state index is 0.198. The van der Waals surface area contributed by atoms with Crippen molar-refractivity contribution in [2.24, 2.45) is 5.92 Å². The van der Waals surface area contributed by atoms with Crippen LogP contribution in [0.15, 0.2) is 30.9 Å². The molecule has 1 aliphatic heterocycles. The van der Waals surface area contributed by atoms with Crippen LogP contribution in [0.3, 0.4) is 0 Å². The van der Waals surface area contributed by atoms with Gasteiger partial charge in [0.05, 0.1) is 14.2 Å². The number of ether oxygens (including phenoxy) is 2. The Morgan fingerprint density at radius 1 is 1.20 bits per heavy atom. The van der Waals surface area contributed by atoms with E-state index in [1.54, 1.807) is 26.9 Å². The second-order valence-corrected chi connectivity index (χ2v) is 6.34. The third-order valence-electron chi connectivity index (χ3n) is 4.66. The molecular weight excluding hydrogens is 320 g/mol. The van der Waals surface area contributed by atoms with E-state index in [4.69, 9.17) is 9.47 Å². The van der Waals surface area contributed by atoms with Gasteiger partial charge in [0.15, 0.2) is 11.5 Å². The van der Waals surface area contributed by atoms with Gasteiger partial charge in [-0.1, -0.05) is 6.07 Å². The van der Waals surface area contributed by atoms with E-state index >= 15 is 0 Å². The summed E-state index contributed by atoms with van der Waals surface area (Å²) >= 11 is 0. The first kappa shape index (κ1) is 17.3. The molecule has 134 valence electrons. The molecule has 0 saturated carbocycles. The normalized spacial score (nSPS) is 16.9. The van der Waals surface area contributed by atoms with Gasteiger partial charge in [-0.3, -0.25) is 4.79 Å². The van der Waals surface area contributed by atoms with Crippen LogP contribution in [0.2, 0.25) is 0 Å². The van der Waals surface area contributed by atoms with E-state index in [1.165, 1.54) is 5.56 Å². The molecule has 1 fully saturated rings. The highest BCUT2D eigenvalue weighted by Crippen LogP contribution is 2.30. The zero-order chi connectivity index (χ0) is 17.6. The number of carbonyl (C=O) groups excluding carboxylic acids is 1. The third-order valence-corrected chi connectivity index (χ3v) is 4.66. The molecule has 1 amide bonds. The van der Waals surface area contributed by atoms with Crippen molar-refractivity contribution in [3.8, 4) is 11.5 Å². The summed E-state index contributed by atoms with van der Waals surface area (Å²) < 4.78 is 12.5. The van der Waals surface area contributed by atoms with Gasteiger partial charge >= 0.3 is 0 Å². The van der Waals surface area contributed by atoms with Gasteiger partial charge in [0.25, 0.3) is 0 Å². The maximum atomic E-state index is 12.4. The van der Waals surface area contributed by atoms with Gasteiger partial charge < -0.3 is 18.9 Å². The van der Waals surface area contributed by atoms with Crippen molar-refractivity contribution in [3.05, 3.63) is 36.4 Å². The number of aryl methyl sites for hydroxylation is 1. The van der Waals surface area contributed by atoms with Crippen LogP contribution in [0.1, 0.15) is 18.4 Å². The van der Waals surface area contributed by atoms with Crippen LogP contribution >= 0.6 is 0 Å². The SMILES string of the molecule is COc1ccc(CC2CCN(C(=O)CCn3cnnc3)C2)cc1OC. The number of benzene rings is 1. The van der Waals surface area contributed by atoms with Gasteiger partial charge in [-0.15, -0.1) is 10.2 Å². The molecule has 2 heterocycles. The molecule has 25 heavy (non-hydrogen) atoms. The maximum absolute atomic E-state index is 12.4. The summed E-state index contributed by atoms with van der Waals surface area (Å²) in [7, 11) is 3.28. The standard InChI is InChI=1S/C18H24N4O3/c1-24-16-4-3-14(10-17(16)25-2)9-15-5-8-22(11-15)18(23)6-7-21-12-19-20-13-21/h3-4,10,12-13,15H,5-9,11H2,1-2H3. The first-order valence-corrected chi connectivity index (χ1v) is 8.50. The van der Waals surface area contributed by atoms with Crippen LogP contribution in [0.25, 0.3) is 0 Å². The number of rotatable bonds is 7. The summed E-state index contributed by atoms with van der Waals surface area (Å²) in [6.07, 6.45) is 5.73. The Kier molecular flexibility index (Phi) is 5.53. The van der Waals surface area contributed by atoms with Gasteiger partial charge in [-0.05, 0) is 36.5 Å². The Bertz CT molecular complexity index is 702. The number of amides is 1. The average Bonchev–Trinajstić information content (AvgIpc) is 3.31. The molecule has 0 spiro atoms. The lowest BCUT2D eigenvalue weighted by Gasteiger charge is -2.17. The van der Waals surface area contributed by atoms with Crippen molar-refractivity contribution in [3.63, 3.8) is 0 Å². The van der Waals surface area contributed by atoms with Gasteiger partial charge in [0.1, 0.15) is 12.7 Å². The molecule has 1 aromatic carbocycles. The molecule has 0 radical (unpaired) electrons. The molecule has 1 saturated heterocycles. The molecule has 3 rings (SSSR count). The lowest BCUT2D eigenvalue weighted by Crippen LogP contribution is -2.29. The van der Waals surface area contributed by atoms with Crippen LogP contribution < -0.4 is 9.47 Å².